The number of amides is 1. The maximum absolute atomic E-state index is 14.4. The SMILES string of the molecule is Cc1c(F)c(F)c(N2CCN(C(=O)c3cc(S(N)(=O)=O)ccc3N3CCOCC3)CC2)c(F)c1F. The molecular weight excluding hydrogens is 492 g/mol. The van der Waals surface area contributed by atoms with Crippen LogP contribution in [0.15, 0.2) is 23.1 Å². The van der Waals surface area contributed by atoms with Crippen molar-refractivity contribution in [1.29, 1.82) is 0 Å². The van der Waals surface area contributed by atoms with Crippen molar-refractivity contribution in [3.63, 3.8) is 0 Å². The molecule has 2 aromatic rings. The highest BCUT2D eigenvalue weighted by Crippen LogP contribution is 2.32. The number of benzene rings is 2. The van der Waals surface area contributed by atoms with E-state index in [1.165, 1.54) is 23.1 Å². The fraction of sp³-hybridized carbons (Fsp3) is 0.409. The molecule has 0 aliphatic carbocycles. The van der Waals surface area contributed by atoms with Crippen LogP contribution in [0.5, 0.6) is 0 Å². The zero-order valence-corrected chi connectivity index (χ0v) is 19.7. The van der Waals surface area contributed by atoms with Crippen LogP contribution in [-0.4, -0.2) is 71.7 Å². The Balaban J connectivity index is 1.60. The molecule has 0 bridgehead atoms. The monoisotopic (exact) mass is 516 g/mol. The van der Waals surface area contributed by atoms with Crippen LogP contribution in [0.4, 0.5) is 28.9 Å². The summed E-state index contributed by atoms with van der Waals surface area (Å²) in [5.74, 6) is -6.41. The van der Waals surface area contributed by atoms with Crippen LogP contribution in [0.2, 0.25) is 0 Å². The van der Waals surface area contributed by atoms with Gasteiger partial charge in [0.15, 0.2) is 23.3 Å². The number of piperazine rings is 1. The minimum Gasteiger partial charge on any atom is -0.378 e. The molecule has 1 amide bonds. The maximum Gasteiger partial charge on any atom is 0.256 e. The lowest BCUT2D eigenvalue weighted by atomic mass is 10.1. The second-order valence-corrected chi connectivity index (χ2v) is 9.89. The number of hydrogen-bond acceptors (Lipinski definition) is 6. The highest BCUT2D eigenvalue weighted by molar-refractivity contribution is 7.89. The van der Waals surface area contributed by atoms with Crippen LogP contribution in [0.1, 0.15) is 15.9 Å². The summed E-state index contributed by atoms with van der Waals surface area (Å²) in [5, 5.41) is 5.25. The summed E-state index contributed by atoms with van der Waals surface area (Å²) in [4.78, 5) is 17.6. The molecule has 2 aliphatic rings. The minimum atomic E-state index is -4.08. The molecule has 2 aromatic carbocycles. The average molecular weight is 517 g/mol. The van der Waals surface area contributed by atoms with Crippen molar-refractivity contribution in [3.8, 4) is 0 Å². The first-order valence-electron chi connectivity index (χ1n) is 10.9. The summed E-state index contributed by atoms with van der Waals surface area (Å²) in [6, 6.07) is 4.04. The van der Waals surface area contributed by atoms with E-state index >= 15 is 0 Å². The van der Waals surface area contributed by atoms with Crippen LogP contribution in [0.25, 0.3) is 0 Å². The number of carbonyl (C=O) groups excluding carboxylic acids is 1. The molecular formula is C22H24F4N4O4S. The zero-order valence-electron chi connectivity index (χ0n) is 18.9. The molecule has 0 saturated carbocycles. The first-order chi connectivity index (χ1) is 16.5. The van der Waals surface area contributed by atoms with Crippen LogP contribution < -0.4 is 14.9 Å². The number of morpholine rings is 1. The predicted octanol–water partition coefficient (Wildman–Crippen LogP) is 2.00. The molecule has 0 atom stereocenters. The molecule has 2 heterocycles. The molecule has 2 saturated heterocycles. The van der Waals surface area contributed by atoms with E-state index in [-0.39, 0.29) is 36.6 Å². The van der Waals surface area contributed by atoms with Gasteiger partial charge >= 0.3 is 0 Å². The Bertz CT molecular complexity index is 1230. The van der Waals surface area contributed by atoms with Crippen molar-refractivity contribution in [1.82, 2.24) is 4.90 Å². The molecule has 190 valence electrons. The maximum atomic E-state index is 14.4. The number of ether oxygens (including phenoxy) is 1. The van der Waals surface area contributed by atoms with E-state index in [0.29, 0.717) is 32.0 Å². The summed E-state index contributed by atoms with van der Waals surface area (Å²) in [6.45, 7) is 2.57. The van der Waals surface area contributed by atoms with E-state index in [4.69, 9.17) is 9.88 Å². The number of carbonyl (C=O) groups is 1. The van der Waals surface area contributed by atoms with Gasteiger partial charge in [0.1, 0.15) is 5.69 Å². The third-order valence-electron chi connectivity index (χ3n) is 6.22. The number of halogens is 4. The summed E-state index contributed by atoms with van der Waals surface area (Å²) >= 11 is 0. The quantitative estimate of drug-likeness (QED) is 0.494. The van der Waals surface area contributed by atoms with Gasteiger partial charge in [-0.3, -0.25) is 4.79 Å². The number of nitrogens with zero attached hydrogens (tertiary/aromatic N) is 3. The van der Waals surface area contributed by atoms with Crippen molar-refractivity contribution in [3.05, 3.63) is 52.6 Å². The second-order valence-electron chi connectivity index (χ2n) is 8.33. The van der Waals surface area contributed by atoms with Gasteiger partial charge in [0.2, 0.25) is 10.0 Å². The number of primary sulfonamides is 1. The Morgan fingerprint density at radius 2 is 1.46 bits per heavy atom. The molecule has 2 aliphatic heterocycles. The molecule has 0 spiro atoms. The number of hydrogen-bond donors (Lipinski definition) is 1. The van der Waals surface area contributed by atoms with Gasteiger partial charge in [-0.05, 0) is 25.1 Å². The van der Waals surface area contributed by atoms with Gasteiger partial charge in [-0.25, -0.2) is 31.1 Å². The average Bonchev–Trinajstić information content (AvgIpc) is 2.86. The van der Waals surface area contributed by atoms with Crippen molar-refractivity contribution in [2.75, 3.05) is 62.3 Å². The standard InChI is InChI=1S/C22H24F4N4O4S/c1-13-17(23)19(25)21(20(26)18(13)24)29-4-6-30(7-5-29)22(31)15-12-14(35(27,32)33)2-3-16(15)28-8-10-34-11-9-28/h2-3,12H,4-11H2,1H3,(H2,27,32,33). The lowest BCUT2D eigenvalue weighted by Gasteiger charge is -2.37. The van der Waals surface area contributed by atoms with Crippen LogP contribution in [-0.2, 0) is 14.8 Å². The Morgan fingerprint density at radius 1 is 0.886 bits per heavy atom. The zero-order chi connectivity index (χ0) is 25.5. The van der Waals surface area contributed by atoms with E-state index in [1.54, 1.807) is 0 Å². The molecule has 13 heteroatoms. The smallest absolute Gasteiger partial charge is 0.256 e. The first-order valence-corrected chi connectivity index (χ1v) is 12.4. The fourth-order valence-electron chi connectivity index (χ4n) is 4.25. The van der Waals surface area contributed by atoms with Gasteiger partial charge in [0.05, 0.1) is 23.7 Å². The summed E-state index contributed by atoms with van der Waals surface area (Å²) in [5.41, 5.74) is -0.949. The van der Waals surface area contributed by atoms with Gasteiger partial charge in [-0.15, -0.1) is 0 Å². The third-order valence-corrected chi connectivity index (χ3v) is 7.13. The van der Waals surface area contributed by atoms with E-state index in [1.807, 2.05) is 4.90 Å². The third kappa shape index (κ3) is 4.80. The summed E-state index contributed by atoms with van der Waals surface area (Å²) < 4.78 is 86.0. The topological polar surface area (TPSA) is 96.2 Å². The van der Waals surface area contributed by atoms with Gasteiger partial charge in [-0.2, -0.15) is 0 Å². The van der Waals surface area contributed by atoms with E-state index in [0.717, 1.165) is 11.8 Å². The van der Waals surface area contributed by atoms with Gasteiger partial charge in [0, 0.05) is 50.5 Å². The second kappa shape index (κ2) is 9.63. The number of rotatable bonds is 4. The largest absolute Gasteiger partial charge is 0.378 e. The molecule has 0 radical (unpaired) electrons. The number of anilines is 2. The van der Waals surface area contributed by atoms with E-state index < -0.39 is 50.5 Å². The Hall–Kier alpha value is -2.90. The van der Waals surface area contributed by atoms with Crippen LogP contribution in [0, 0.1) is 30.2 Å². The Labute approximate surface area is 199 Å². The lowest BCUT2D eigenvalue weighted by molar-refractivity contribution is 0.0745. The Morgan fingerprint density at radius 3 is 2.00 bits per heavy atom. The molecule has 0 unspecified atom stereocenters. The molecule has 35 heavy (non-hydrogen) atoms. The predicted molar refractivity (Wildman–Crippen MR) is 120 cm³/mol. The molecule has 4 rings (SSSR count). The van der Waals surface area contributed by atoms with Crippen molar-refractivity contribution in [2.24, 2.45) is 5.14 Å². The highest BCUT2D eigenvalue weighted by Gasteiger charge is 2.32. The van der Waals surface area contributed by atoms with E-state index in [9.17, 15) is 30.8 Å². The van der Waals surface area contributed by atoms with Crippen LogP contribution >= 0.6 is 0 Å². The Kier molecular flexibility index (Phi) is 6.93. The molecule has 0 aromatic heterocycles. The minimum absolute atomic E-state index is 0.0169. The fourth-order valence-corrected chi connectivity index (χ4v) is 4.79. The van der Waals surface area contributed by atoms with Gasteiger partial charge in [-0.1, -0.05) is 0 Å². The number of nitrogens with two attached hydrogens (primary N) is 1. The first kappa shape index (κ1) is 25.2. The van der Waals surface area contributed by atoms with Gasteiger partial charge in [0.25, 0.3) is 5.91 Å². The number of sulfonamides is 1. The normalized spacial score (nSPS) is 17.1. The molecule has 2 fully saturated rings. The van der Waals surface area contributed by atoms with Crippen molar-refractivity contribution < 1.29 is 35.5 Å². The summed E-state index contributed by atoms with van der Waals surface area (Å²) in [7, 11) is -4.08. The molecule has 2 N–H and O–H groups in total. The lowest BCUT2D eigenvalue weighted by Crippen LogP contribution is -2.49. The summed E-state index contributed by atoms with van der Waals surface area (Å²) in [6.07, 6.45) is 0. The highest BCUT2D eigenvalue weighted by atomic mass is 32.2. The van der Waals surface area contributed by atoms with Crippen molar-refractivity contribution in [2.45, 2.75) is 11.8 Å². The molecule has 8 nitrogen and oxygen atoms in total. The van der Waals surface area contributed by atoms with Gasteiger partial charge < -0.3 is 19.4 Å². The van der Waals surface area contributed by atoms with Crippen molar-refractivity contribution >= 4 is 27.3 Å². The van der Waals surface area contributed by atoms with Crippen LogP contribution in [0.3, 0.4) is 0 Å². The van der Waals surface area contributed by atoms with E-state index in [2.05, 4.69) is 0 Å².